The molecule has 0 radical (unpaired) electrons. The molecule has 8 nitrogen and oxygen atoms in total. The fourth-order valence-corrected chi connectivity index (χ4v) is 4.44. The molecule has 0 bridgehead atoms. The van der Waals surface area contributed by atoms with Crippen molar-refractivity contribution in [1.29, 1.82) is 0 Å². The molecule has 4 rings (SSSR count). The van der Waals surface area contributed by atoms with Gasteiger partial charge in [0.1, 0.15) is 5.82 Å². The molecule has 2 fully saturated rings. The second kappa shape index (κ2) is 10.2. The van der Waals surface area contributed by atoms with Crippen LogP contribution in [-0.2, 0) is 14.4 Å². The van der Waals surface area contributed by atoms with Crippen LogP contribution in [0.3, 0.4) is 0 Å². The molecule has 1 aromatic carbocycles. The fourth-order valence-electron chi connectivity index (χ4n) is 3.59. The highest BCUT2D eigenvalue weighted by molar-refractivity contribution is 7.14. The summed E-state index contributed by atoms with van der Waals surface area (Å²) in [6.45, 7) is 4.11. The number of anilines is 2. The number of aromatic nitrogens is 1. The third-order valence-corrected chi connectivity index (χ3v) is 6.34. The van der Waals surface area contributed by atoms with Gasteiger partial charge in [0, 0.05) is 50.6 Å². The molecule has 0 atom stereocenters. The van der Waals surface area contributed by atoms with Crippen LogP contribution in [0, 0.1) is 5.82 Å². The van der Waals surface area contributed by atoms with Crippen molar-refractivity contribution in [3.8, 4) is 0 Å². The van der Waals surface area contributed by atoms with Crippen molar-refractivity contribution in [2.45, 2.75) is 25.8 Å². The molecule has 174 valence electrons. The summed E-state index contributed by atoms with van der Waals surface area (Å²) in [6.07, 6.45) is 5.18. The predicted octanol–water partition coefficient (Wildman–Crippen LogP) is 2.40. The molecular weight excluding hydrogens is 445 g/mol. The highest BCUT2D eigenvalue weighted by Crippen LogP contribution is 2.31. The van der Waals surface area contributed by atoms with Crippen molar-refractivity contribution >= 4 is 46.0 Å². The van der Waals surface area contributed by atoms with Crippen LogP contribution in [0.2, 0.25) is 0 Å². The van der Waals surface area contributed by atoms with E-state index in [9.17, 15) is 18.8 Å². The minimum absolute atomic E-state index is 0.0477. The number of rotatable bonds is 7. The number of carbonyl (C=O) groups is 3. The lowest BCUT2D eigenvalue weighted by Crippen LogP contribution is -2.51. The molecule has 1 aliphatic carbocycles. The Kier molecular flexibility index (Phi) is 7.14. The van der Waals surface area contributed by atoms with Gasteiger partial charge in [-0.25, -0.2) is 9.37 Å². The number of halogens is 1. The third-order valence-electron chi connectivity index (χ3n) is 5.50. The summed E-state index contributed by atoms with van der Waals surface area (Å²) in [4.78, 5) is 46.1. The first-order valence-corrected chi connectivity index (χ1v) is 11.8. The molecule has 2 heterocycles. The molecule has 33 heavy (non-hydrogen) atoms. The Labute approximate surface area is 195 Å². The number of hydrogen-bond donors (Lipinski definition) is 1. The lowest BCUT2D eigenvalue weighted by Gasteiger charge is -2.33. The van der Waals surface area contributed by atoms with E-state index in [0.717, 1.165) is 12.8 Å². The number of piperazine rings is 1. The largest absolute Gasteiger partial charge is 0.352 e. The summed E-state index contributed by atoms with van der Waals surface area (Å²) in [7, 11) is 0. The maximum Gasteiger partial charge on any atom is 0.246 e. The maximum atomic E-state index is 14.2. The zero-order chi connectivity index (χ0) is 23.4. The first kappa shape index (κ1) is 23.1. The van der Waals surface area contributed by atoms with Crippen LogP contribution in [0.1, 0.15) is 25.5 Å². The molecule has 2 aliphatic rings. The van der Waals surface area contributed by atoms with Gasteiger partial charge < -0.3 is 10.2 Å². The van der Waals surface area contributed by atoms with Crippen molar-refractivity contribution in [2.75, 3.05) is 37.6 Å². The molecule has 1 aliphatic heterocycles. The van der Waals surface area contributed by atoms with E-state index in [-0.39, 0.29) is 23.4 Å². The van der Waals surface area contributed by atoms with E-state index in [0.29, 0.717) is 49.6 Å². The summed E-state index contributed by atoms with van der Waals surface area (Å²) >= 11 is 1.20. The Balaban J connectivity index is 1.32. The van der Waals surface area contributed by atoms with Gasteiger partial charge in [-0.2, -0.15) is 0 Å². The summed E-state index contributed by atoms with van der Waals surface area (Å²) < 4.78 is 14.2. The summed E-state index contributed by atoms with van der Waals surface area (Å²) in [5.41, 5.74) is 0.649. The van der Waals surface area contributed by atoms with E-state index in [4.69, 9.17) is 0 Å². The van der Waals surface area contributed by atoms with Crippen molar-refractivity contribution in [1.82, 2.24) is 20.1 Å². The SMILES string of the molecule is CC(=O)N(c1nc(/C=C/C(=O)N2CCN(CC(=O)NC3CC3)CC2)cs1)c1ccccc1F. The van der Waals surface area contributed by atoms with Crippen molar-refractivity contribution in [3.05, 3.63) is 47.2 Å². The van der Waals surface area contributed by atoms with Crippen LogP contribution in [-0.4, -0.2) is 71.3 Å². The lowest BCUT2D eigenvalue weighted by molar-refractivity contribution is -0.128. The Morgan fingerprint density at radius 2 is 1.94 bits per heavy atom. The maximum absolute atomic E-state index is 14.2. The molecule has 10 heteroatoms. The molecular formula is C23H26FN5O3S. The smallest absolute Gasteiger partial charge is 0.246 e. The van der Waals surface area contributed by atoms with Crippen LogP contribution < -0.4 is 10.2 Å². The number of nitrogens with zero attached hydrogens (tertiary/aromatic N) is 4. The Morgan fingerprint density at radius 1 is 1.21 bits per heavy atom. The number of hydrogen-bond acceptors (Lipinski definition) is 6. The summed E-state index contributed by atoms with van der Waals surface area (Å²) in [6, 6.07) is 6.37. The summed E-state index contributed by atoms with van der Waals surface area (Å²) in [5.74, 6) is -0.959. The molecule has 2 aromatic rings. The van der Waals surface area contributed by atoms with Gasteiger partial charge in [0.2, 0.25) is 17.7 Å². The Hall–Kier alpha value is -3.11. The molecule has 3 amide bonds. The van der Waals surface area contributed by atoms with Gasteiger partial charge in [0.25, 0.3) is 0 Å². The van der Waals surface area contributed by atoms with Crippen LogP contribution >= 0.6 is 11.3 Å². The number of carbonyl (C=O) groups excluding carboxylic acids is 3. The molecule has 1 aromatic heterocycles. The van der Waals surface area contributed by atoms with Crippen LogP contribution in [0.15, 0.2) is 35.7 Å². The Morgan fingerprint density at radius 3 is 2.61 bits per heavy atom. The normalized spacial score (nSPS) is 16.7. The number of para-hydroxylation sites is 1. The second-order valence-corrected chi connectivity index (χ2v) is 8.97. The lowest BCUT2D eigenvalue weighted by atomic mass is 10.3. The molecule has 1 saturated carbocycles. The minimum Gasteiger partial charge on any atom is -0.352 e. The first-order chi connectivity index (χ1) is 15.9. The van der Waals surface area contributed by atoms with E-state index in [1.165, 1.54) is 41.4 Å². The van der Waals surface area contributed by atoms with Gasteiger partial charge in [-0.3, -0.25) is 24.2 Å². The standard InChI is InChI=1S/C23H26FN5O3S/c1-16(30)29(20-5-3-2-4-19(20)24)23-26-18(15-33-23)8-9-22(32)28-12-10-27(11-13-28)14-21(31)25-17-6-7-17/h2-5,8-9,15,17H,6-7,10-14H2,1H3,(H,25,31)/b9-8+. The van der Waals surface area contributed by atoms with Gasteiger partial charge in [-0.1, -0.05) is 12.1 Å². The molecule has 1 N–H and O–H groups in total. The van der Waals surface area contributed by atoms with E-state index in [2.05, 4.69) is 15.2 Å². The van der Waals surface area contributed by atoms with Crippen molar-refractivity contribution in [2.24, 2.45) is 0 Å². The van der Waals surface area contributed by atoms with Crippen molar-refractivity contribution < 1.29 is 18.8 Å². The van der Waals surface area contributed by atoms with E-state index in [1.807, 2.05) is 0 Å². The van der Waals surface area contributed by atoms with Gasteiger partial charge in [-0.05, 0) is 31.1 Å². The average molecular weight is 472 g/mol. The highest BCUT2D eigenvalue weighted by Gasteiger charge is 2.26. The quantitative estimate of drug-likeness (QED) is 0.627. The Bertz CT molecular complexity index is 1060. The van der Waals surface area contributed by atoms with Crippen LogP contribution in [0.4, 0.5) is 15.2 Å². The van der Waals surface area contributed by atoms with Gasteiger partial charge in [0.15, 0.2) is 5.13 Å². The van der Waals surface area contributed by atoms with Crippen LogP contribution in [0.25, 0.3) is 6.08 Å². The minimum atomic E-state index is -0.515. The van der Waals surface area contributed by atoms with Crippen molar-refractivity contribution in [3.63, 3.8) is 0 Å². The number of amides is 3. The zero-order valence-electron chi connectivity index (χ0n) is 18.4. The van der Waals surface area contributed by atoms with E-state index in [1.54, 1.807) is 28.5 Å². The third kappa shape index (κ3) is 6.02. The highest BCUT2D eigenvalue weighted by atomic mass is 32.1. The van der Waals surface area contributed by atoms with Gasteiger partial charge in [-0.15, -0.1) is 11.3 Å². The second-order valence-electron chi connectivity index (χ2n) is 8.14. The summed E-state index contributed by atoms with van der Waals surface area (Å²) in [5, 5.41) is 5.03. The zero-order valence-corrected chi connectivity index (χ0v) is 19.2. The molecule has 0 unspecified atom stereocenters. The van der Waals surface area contributed by atoms with E-state index < -0.39 is 5.82 Å². The van der Waals surface area contributed by atoms with E-state index >= 15 is 0 Å². The van der Waals surface area contributed by atoms with Crippen LogP contribution in [0.5, 0.6) is 0 Å². The van der Waals surface area contributed by atoms with Gasteiger partial charge >= 0.3 is 0 Å². The monoisotopic (exact) mass is 471 g/mol. The number of benzene rings is 1. The topological polar surface area (TPSA) is 85.9 Å². The number of nitrogens with one attached hydrogen (secondary N) is 1. The number of thiazole rings is 1. The predicted molar refractivity (Wildman–Crippen MR) is 125 cm³/mol. The first-order valence-electron chi connectivity index (χ1n) is 10.9. The van der Waals surface area contributed by atoms with Gasteiger partial charge in [0.05, 0.1) is 17.9 Å². The molecule has 0 spiro atoms. The molecule has 1 saturated heterocycles. The fraction of sp³-hybridized carbons (Fsp3) is 0.391. The average Bonchev–Trinajstić information content (AvgIpc) is 3.48.